The molecule has 144 valence electrons. The molecule has 3 rings (SSSR count). The molecule has 0 bridgehead atoms. The van der Waals surface area contributed by atoms with Crippen molar-refractivity contribution < 1.29 is 14.3 Å². The van der Waals surface area contributed by atoms with Gasteiger partial charge in [0.1, 0.15) is 17.7 Å². The third-order valence-corrected chi connectivity index (χ3v) is 5.70. The zero-order valence-electron chi connectivity index (χ0n) is 15.4. The number of hydrogen-bond donors (Lipinski definition) is 3. The number of nitrogens with two attached hydrogens (primary N) is 1. The predicted molar refractivity (Wildman–Crippen MR) is 105 cm³/mol. The van der Waals surface area contributed by atoms with Crippen LogP contribution in [0.2, 0.25) is 0 Å². The molecule has 6 nitrogen and oxygen atoms in total. The van der Waals surface area contributed by atoms with Gasteiger partial charge in [-0.3, -0.25) is 4.79 Å². The van der Waals surface area contributed by atoms with Crippen molar-refractivity contribution in [3.05, 3.63) is 69.6 Å². The first-order valence-electron chi connectivity index (χ1n) is 8.54. The molecule has 0 aliphatic carbocycles. The molecule has 0 spiro atoms. The number of pyridine rings is 1. The van der Waals surface area contributed by atoms with Crippen LogP contribution in [-0.4, -0.2) is 16.0 Å². The number of aliphatic hydroxyl groups is 1. The Bertz CT molecular complexity index is 991. The summed E-state index contributed by atoms with van der Waals surface area (Å²) in [6.07, 6.45) is 1.69. The van der Waals surface area contributed by atoms with E-state index in [1.54, 1.807) is 38.1 Å². The van der Waals surface area contributed by atoms with Crippen LogP contribution in [0.1, 0.15) is 42.2 Å². The number of hydrogen-bond acceptors (Lipinski definition) is 6. The van der Waals surface area contributed by atoms with Crippen molar-refractivity contribution in [3.63, 3.8) is 0 Å². The number of primary amides is 1. The SMILES string of the molecule is CC(C)(O)c1ccc(C2CC(C(N)=O)=C(Nc3ccc(C#N)cn3)S2)c(F)c1. The standard InChI is InChI=1S/C20H19FN4O2S/c1-20(2,27)12-4-5-13(15(21)7-12)16-8-14(18(23)26)19(28-16)25-17-6-3-11(9-22)10-24-17/h3-7,10,16,27H,8H2,1-2H3,(H2,23,26)(H,24,25). The average Bonchev–Trinajstić information content (AvgIpc) is 3.05. The predicted octanol–water partition coefficient (Wildman–Crippen LogP) is 3.31. The second-order valence-corrected chi connectivity index (χ2v) is 8.16. The molecule has 1 aliphatic rings. The number of aromatic nitrogens is 1. The maximum absolute atomic E-state index is 14.7. The lowest BCUT2D eigenvalue weighted by molar-refractivity contribution is -0.114. The molecular formula is C20H19FN4O2S. The summed E-state index contributed by atoms with van der Waals surface area (Å²) in [6.45, 7) is 3.18. The molecule has 1 atom stereocenters. The zero-order valence-corrected chi connectivity index (χ0v) is 16.2. The summed E-state index contributed by atoms with van der Waals surface area (Å²) in [5.74, 6) is -0.572. The molecular weight excluding hydrogens is 379 g/mol. The first-order chi connectivity index (χ1) is 13.2. The van der Waals surface area contributed by atoms with Crippen LogP contribution < -0.4 is 11.1 Å². The fourth-order valence-corrected chi connectivity index (χ4v) is 4.19. The van der Waals surface area contributed by atoms with Gasteiger partial charge in [-0.05, 0) is 44.0 Å². The Labute approximate surface area is 166 Å². The Morgan fingerprint density at radius 2 is 2.18 bits per heavy atom. The second kappa shape index (κ2) is 7.62. The van der Waals surface area contributed by atoms with Crippen LogP contribution in [0.3, 0.4) is 0 Å². The summed E-state index contributed by atoms with van der Waals surface area (Å²) in [4.78, 5) is 16.0. The normalized spacial score (nSPS) is 16.8. The Hall–Kier alpha value is -2.89. The maximum atomic E-state index is 14.7. The topological polar surface area (TPSA) is 112 Å². The number of amides is 1. The molecule has 0 radical (unpaired) electrons. The fraction of sp³-hybridized carbons (Fsp3) is 0.250. The lowest BCUT2D eigenvalue weighted by Gasteiger charge is -2.20. The van der Waals surface area contributed by atoms with Gasteiger partial charge in [-0.15, -0.1) is 0 Å². The van der Waals surface area contributed by atoms with E-state index >= 15 is 0 Å². The largest absolute Gasteiger partial charge is 0.386 e. The summed E-state index contributed by atoms with van der Waals surface area (Å²) in [5, 5.41) is 22.1. The molecule has 1 aromatic heterocycles. The van der Waals surface area contributed by atoms with Crippen molar-refractivity contribution in [2.24, 2.45) is 5.73 Å². The Morgan fingerprint density at radius 1 is 1.43 bits per heavy atom. The minimum absolute atomic E-state index is 0.275. The maximum Gasteiger partial charge on any atom is 0.247 e. The van der Waals surface area contributed by atoms with Crippen LogP contribution in [0.25, 0.3) is 0 Å². The van der Waals surface area contributed by atoms with E-state index in [0.717, 1.165) is 0 Å². The first kappa shape index (κ1) is 19.9. The highest BCUT2D eigenvalue weighted by molar-refractivity contribution is 8.03. The van der Waals surface area contributed by atoms with Crippen molar-refractivity contribution >= 4 is 23.5 Å². The van der Waals surface area contributed by atoms with Gasteiger partial charge in [-0.2, -0.15) is 5.26 Å². The Balaban J connectivity index is 1.84. The summed E-state index contributed by atoms with van der Waals surface area (Å²) in [7, 11) is 0. The average molecular weight is 398 g/mol. The number of thioether (sulfide) groups is 1. The van der Waals surface area contributed by atoms with Crippen molar-refractivity contribution in [2.45, 2.75) is 31.1 Å². The third kappa shape index (κ3) is 4.16. The summed E-state index contributed by atoms with van der Waals surface area (Å²) in [5.41, 5.74) is 6.05. The van der Waals surface area contributed by atoms with Gasteiger partial charge in [-0.1, -0.05) is 23.9 Å². The molecule has 4 N–H and O–H groups in total. The number of nitrogens with zero attached hydrogens (tertiary/aromatic N) is 2. The summed E-state index contributed by atoms with van der Waals surface area (Å²) < 4.78 is 14.7. The van der Waals surface area contributed by atoms with E-state index in [0.29, 0.717) is 33.1 Å². The number of nitrogens with one attached hydrogen (secondary N) is 1. The van der Waals surface area contributed by atoms with Crippen molar-refractivity contribution in [1.82, 2.24) is 4.98 Å². The van der Waals surface area contributed by atoms with E-state index in [1.807, 2.05) is 6.07 Å². The minimum atomic E-state index is -1.15. The van der Waals surface area contributed by atoms with E-state index in [2.05, 4.69) is 10.3 Å². The second-order valence-electron chi connectivity index (χ2n) is 6.95. The number of halogens is 1. The number of nitriles is 1. The smallest absolute Gasteiger partial charge is 0.247 e. The van der Waals surface area contributed by atoms with Gasteiger partial charge < -0.3 is 16.2 Å². The van der Waals surface area contributed by atoms with Gasteiger partial charge in [0, 0.05) is 22.6 Å². The Morgan fingerprint density at radius 3 is 2.71 bits per heavy atom. The van der Waals surface area contributed by atoms with Crippen LogP contribution >= 0.6 is 11.8 Å². The number of carbonyl (C=O) groups is 1. The van der Waals surface area contributed by atoms with Gasteiger partial charge in [0.25, 0.3) is 0 Å². The zero-order chi connectivity index (χ0) is 20.5. The highest BCUT2D eigenvalue weighted by Crippen LogP contribution is 2.48. The van der Waals surface area contributed by atoms with Crippen molar-refractivity contribution in [2.75, 3.05) is 5.32 Å². The van der Waals surface area contributed by atoms with E-state index in [-0.39, 0.29) is 11.7 Å². The number of benzene rings is 1. The van der Waals surface area contributed by atoms with Crippen LogP contribution in [0.15, 0.2) is 47.1 Å². The van der Waals surface area contributed by atoms with Crippen LogP contribution in [0.5, 0.6) is 0 Å². The van der Waals surface area contributed by atoms with Gasteiger partial charge in [-0.25, -0.2) is 9.37 Å². The highest BCUT2D eigenvalue weighted by atomic mass is 32.2. The van der Waals surface area contributed by atoms with Gasteiger partial charge in [0.15, 0.2) is 0 Å². The number of anilines is 1. The van der Waals surface area contributed by atoms with E-state index in [4.69, 9.17) is 11.0 Å². The van der Waals surface area contributed by atoms with Crippen LogP contribution in [0.4, 0.5) is 10.2 Å². The quantitative estimate of drug-likeness (QED) is 0.712. The Kier molecular flexibility index (Phi) is 5.40. The fourth-order valence-electron chi connectivity index (χ4n) is 2.84. The molecule has 1 amide bonds. The third-order valence-electron chi connectivity index (χ3n) is 4.41. The molecule has 2 aromatic rings. The van der Waals surface area contributed by atoms with Crippen LogP contribution in [0, 0.1) is 17.1 Å². The molecule has 0 saturated heterocycles. The van der Waals surface area contributed by atoms with E-state index < -0.39 is 17.3 Å². The molecule has 1 aliphatic heterocycles. The minimum Gasteiger partial charge on any atom is -0.386 e. The monoisotopic (exact) mass is 398 g/mol. The lowest BCUT2D eigenvalue weighted by Crippen LogP contribution is -2.16. The number of carbonyl (C=O) groups excluding carboxylic acids is 1. The summed E-state index contributed by atoms with van der Waals surface area (Å²) in [6, 6.07) is 9.83. The summed E-state index contributed by atoms with van der Waals surface area (Å²) >= 11 is 1.29. The van der Waals surface area contributed by atoms with Crippen molar-refractivity contribution in [3.8, 4) is 6.07 Å². The lowest BCUT2D eigenvalue weighted by atomic mass is 9.95. The molecule has 1 unspecified atom stereocenters. The van der Waals surface area contributed by atoms with Crippen LogP contribution in [-0.2, 0) is 10.4 Å². The number of rotatable bonds is 5. The molecule has 2 heterocycles. The molecule has 8 heteroatoms. The molecule has 0 fully saturated rings. The first-order valence-corrected chi connectivity index (χ1v) is 9.42. The van der Waals surface area contributed by atoms with E-state index in [1.165, 1.54) is 24.0 Å². The molecule has 28 heavy (non-hydrogen) atoms. The van der Waals surface area contributed by atoms with Gasteiger partial charge >= 0.3 is 0 Å². The van der Waals surface area contributed by atoms with E-state index in [9.17, 15) is 14.3 Å². The van der Waals surface area contributed by atoms with Gasteiger partial charge in [0.05, 0.1) is 16.2 Å². The highest BCUT2D eigenvalue weighted by Gasteiger charge is 2.32. The van der Waals surface area contributed by atoms with Gasteiger partial charge in [0.2, 0.25) is 5.91 Å². The molecule has 1 aromatic carbocycles. The molecule has 0 saturated carbocycles. The van der Waals surface area contributed by atoms with Crippen molar-refractivity contribution in [1.29, 1.82) is 5.26 Å².